The Morgan fingerprint density at radius 3 is 3.05 bits per heavy atom. The summed E-state index contributed by atoms with van der Waals surface area (Å²) in [6, 6.07) is 3.65. The first kappa shape index (κ1) is 13.2. The first-order valence-electron chi connectivity index (χ1n) is 5.97. The van der Waals surface area contributed by atoms with Crippen molar-refractivity contribution in [2.75, 3.05) is 0 Å². The number of nitrogens with zero attached hydrogens (tertiary/aromatic N) is 4. The van der Waals surface area contributed by atoms with Gasteiger partial charge in [0.15, 0.2) is 0 Å². The molecule has 0 radical (unpaired) electrons. The molecule has 2 aromatic rings. The Balaban J connectivity index is 1.91. The van der Waals surface area contributed by atoms with Crippen LogP contribution < -0.4 is 11.1 Å². The van der Waals surface area contributed by atoms with Gasteiger partial charge in [-0.2, -0.15) is 0 Å². The van der Waals surface area contributed by atoms with Gasteiger partial charge in [0.2, 0.25) is 5.91 Å². The smallest absolute Gasteiger partial charge is 0.242 e. The normalized spacial score (nSPS) is 12.1. The molecule has 19 heavy (non-hydrogen) atoms. The molecule has 0 aliphatic rings. The minimum atomic E-state index is -0.134. The number of rotatable bonds is 5. The zero-order valence-electron chi connectivity index (χ0n) is 10.7. The van der Waals surface area contributed by atoms with Gasteiger partial charge >= 0.3 is 0 Å². The summed E-state index contributed by atoms with van der Waals surface area (Å²) in [5.74, 6) is -0.134. The Kier molecular flexibility index (Phi) is 4.19. The molecule has 0 aliphatic carbocycles. The van der Waals surface area contributed by atoms with Gasteiger partial charge in [-0.3, -0.25) is 9.78 Å². The van der Waals surface area contributed by atoms with Crippen LogP contribution >= 0.6 is 0 Å². The van der Waals surface area contributed by atoms with Crippen LogP contribution in [0.3, 0.4) is 0 Å². The molecule has 100 valence electrons. The van der Waals surface area contributed by atoms with Crippen LogP contribution in [0.4, 0.5) is 0 Å². The van der Waals surface area contributed by atoms with Crippen LogP contribution in [0.1, 0.15) is 24.2 Å². The second-order valence-corrected chi connectivity index (χ2v) is 4.19. The molecule has 0 bridgehead atoms. The lowest BCUT2D eigenvalue weighted by atomic mass is 10.1. The highest BCUT2D eigenvalue weighted by atomic mass is 16.2. The molecule has 7 heteroatoms. The lowest BCUT2D eigenvalue weighted by Crippen LogP contribution is -2.30. The minimum Gasteiger partial charge on any atom is -0.348 e. The van der Waals surface area contributed by atoms with Crippen molar-refractivity contribution in [3.05, 3.63) is 42.0 Å². The fourth-order valence-corrected chi connectivity index (χ4v) is 1.66. The van der Waals surface area contributed by atoms with Crippen molar-refractivity contribution in [3.8, 4) is 0 Å². The number of nitrogens with two attached hydrogens (primary N) is 1. The van der Waals surface area contributed by atoms with E-state index in [0.717, 1.165) is 5.56 Å². The SMILES string of the molecule is CC(NC(=O)Cn1cc(CN)nn1)c1cccnc1. The van der Waals surface area contributed by atoms with Crippen LogP contribution in [-0.2, 0) is 17.9 Å². The molecular weight excluding hydrogens is 244 g/mol. The van der Waals surface area contributed by atoms with E-state index in [1.807, 2.05) is 19.1 Å². The average Bonchev–Trinajstić information content (AvgIpc) is 2.87. The largest absolute Gasteiger partial charge is 0.348 e. The Bertz CT molecular complexity index is 538. The maximum atomic E-state index is 11.8. The molecule has 2 heterocycles. The fourth-order valence-electron chi connectivity index (χ4n) is 1.66. The molecule has 3 N–H and O–H groups in total. The molecule has 7 nitrogen and oxygen atoms in total. The van der Waals surface area contributed by atoms with Crippen molar-refractivity contribution >= 4 is 5.91 Å². The van der Waals surface area contributed by atoms with E-state index in [1.54, 1.807) is 18.6 Å². The van der Waals surface area contributed by atoms with Crippen LogP contribution in [0.15, 0.2) is 30.7 Å². The summed E-state index contributed by atoms with van der Waals surface area (Å²) in [6.45, 7) is 2.34. The third-order valence-corrected chi connectivity index (χ3v) is 2.66. The van der Waals surface area contributed by atoms with Gasteiger partial charge in [-0.25, -0.2) is 4.68 Å². The van der Waals surface area contributed by atoms with E-state index < -0.39 is 0 Å². The highest BCUT2D eigenvalue weighted by Crippen LogP contribution is 2.09. The molecule has 0 saturated carbocycles. The third kappa shape index (κ3) is 3.59. The van der Waals surface area contributed by atoms with E-state index in [4.69, 9.17) is 5.73 Å². The number of pyridine rings is 1. The van der Waals surface area contributed by atoms with Gasteiger partial charge in [0.05, 0.1) is 17.9 Å². The Hall–Kier alpha value is -2.28. The van der Waals surface area contributed by atoms with Crippen LogP contribution in [-0.4, -0.2) is 25.9 Å². The van der Waals surface area contributed by atoms with Gasteiger partial charge < -0.3 is 11.1 Å². The molecule has 0 fully saturated rings. The molecule has 0 saturated heterocycles. The number of carbonyl (C=O) groups is 1. The summed E-state index contributed by atoms with van der Waals surface area (Å²) in [5, 5.41) is 10.5. The van der Waals surface area contributed by atoms with Crippen molar-refractivity contribution in [1.82, 2.24) is 25.3 Å². The molecular formula is C12H16N6O. The van der Waals surface area contributed by atoms with Gasteiger partial charge in [0, 0.05) is 18.9 Å². The first-order valence-corrected chi connectivity index (χ1v) is 5.97. The van der Waals surface area contributed by atoms with E-state index in [-0.39, 0.29) is 18.5 Å². The highest BCUT2D eigenvalue weighted by Gasteiger charge is 2.10. The average molecular weight is 260 g/mol. The van der Waals surface area contributed by atoms with Crippen LogP contribution in [0.25, 0.3) is 0 Å². The summed E-state index contributed by atoms with van der Waals surface area (Å²) >= 11 is 0. The van der Waals surface area contributed by atoms with Gasteiger partial charge in [0.25, 0.3) is 0 Å². The van der Waals surface area contributed by atoms with E-state index >= 15 is 0 Å². The molecule has 0 spiro atoms. The summed E-state index contributed by atoms with van der Waals surface area (Å²) in [5.41, 5.74) is 7.04. The minimum absolute atomic E-state index is 0.0984. The second-order valence-electron chi connectivity index (χ2n) is 4.19. The number of nitrogens with one attached hydrogen (secondary N) is 1. The maximum Gasteiger partial charge on any atom is 0.242 e. The molecule has 1 unspecified atom stereocenters. The number of hydrogen-bond donors (Lipinski definition) is 2. The van der Waals surface area contributed by atoms with E-state index in [1.165, 1.54) is 4.68 Å². The van der Waals surface area contributed by atoms with Crippen molar-refractivity contribution < 1.29 is 4.79 Å². The zero-order valence-corrected chi connectivity index (χ0v) is 10.7. The summed E-state index contributed by atoms with van der Waals surface area (Å²) in [4.78, 5) is 15.9. The van der Waals surface area contributed by atoms with E-state index in [9.17, 15) is 4.79 Å². The van der Waals surface area contributed by atoms with Gasteiger partial charge in [0.1, 0.15) is 6.54 Å². The molecule has 1 atom stereocenters. The van der Waals surface area contributed by atoms with Crippen molar-refractivity contribution in [2.24, 2.45) is 5.73 Å². The molecule has 2 aromatic heterocycles. The molecule has 0 aliphatic heterocycles. The third-order valence-electron chi connectivity index (χ3n) is 2.66. The van der Waals surface area contributed by atoms with Crippen molar-refractivity contribution in [1.29, 1.82) is 0 Å². The van der Waals surface area contributed by atoms with E-state index in [2.05, 4.69) is 20.6 Å². The standard InChI is InChI=1S/C12H16N6O/c1-9(10-3-2-4-14-6-10)15-12(19)8-18-7-11(5-13)16-17-18/h2-4,6-7,9H,5,8,13H2,1H3,(H,15,19). The highest BCUT2D eigenvalue weighted by molar-refractivity contribution is 5.76. The summed E-state index contributed by atoms with van der Waals surface area (Å²) in [6.07, 6.45) is 5.09. The monoisotopic (exact) mass is 260 g/mol. The zero-order chi connectivity index (χ0) is 13.7. The Morgan fingerprint density at radius 2 is 2.42 bits per heavy atom. The number of aromatic nitrogens is 4. The van der Waals surface area contributed by atoms with Crippen molar-refractivity contribution in [2.45, 2.75) is 26.1 Å². The summed E-state index contributed by atoms with van der Waals surface area (Å²) < 4.78 is 1.47. The van der Waals surface area contributed by atoms with Gasteiger partial charge in [-0.1, -0.05) is 11.3 Å². The van der Waals surface area contributed by atoms with Crippen LogP contribution in [0.5, 0.6) is 0 Å². The predicted molar refractivity (Wildman–Crippen MR) is 68.7 cm³/mol. The van der Waals surface area contributed by atoms with Crippen LogP contribution in [0, 0.1) is 0 Å². The maximum absolute atomic E-state index is 11.8. The second kappa shape index (κ2) is 6.05. The number of hydrogen-bond acceptors (Lipinski definition) is 5. The predicted octanol–water partition coefficient (Wildman–Crippen LogP) is 0.00920. The quantitative estimate of drug-likeness (QED) is 0.789. The summed E-state index contributed by atoms with van der Waals surface area (Å²) in [7, 11) is 0. The molecule has 2 rings (SSSR count). The lowest BCUT2D eigenvalue weighted by molar-refractivity contribution is -0.122. The fraction of sp³-hybridized carbons (Fsp3) is 0.333. The number of amides is 1. The number of carbonyl (C=O) groups excluding carboxylic acids is 1. The first-order chi connectivity index (χ1) is 9.19. The van der Waals surface area contributed by atoms with Gasteiger partial charge in [-0.05, 0) is 18.6 Å². The lowest BCUT2D eigenvalue weighted by Gasteiger charge is -2.13. The topological polar surface area (TPSA) is 98.7 Å². The van der Waals surface area contributed by atoms with E-state index in [0.29, 0.717) is 12.2 Å². The van der Waals surface area contributed by atoms with Crippen LogP contribution in [0.2, 0.25) is 0 Å². The Labute approximate surface area is 110 Å². The van der Waals surface area contributed by atoms with Gasteiger partial charge in [-0.15, -0.1) is 5.10 Å². The molecule has 1 amide bonds. The van der Waals surface area contributed by atoms with Crippen molar-refractivity contribution in [3.63, 3.8) is 0 Å². The Morgan fingerprint density at radius 1 is 1.58 bits per heavy atom. The molecule has 0 aromatic carbocycles.